The maximum absolute atomic E-state index is 13.1. The summed E-state index contributed by atoms with van der Waals surface area (Å²) < 4.78 is 43.5. The van der Waals surface area contributed by atoms with Gasteiger partial charge in [-0.05, 0) is 42.0 Å². The summed E-state index contributed by atoms with van der Waals surface area (Å²) in [4.78, 5) is 0.265. The van der Waals surface area contributed by atoms with Crippen LogP contribution in [0.25, 0.3) is 0 Å². The number of benzene rings is 2. The van der Waals surface area contributed by atoms with E-state index in [2.05, 4.69) is 0 Å². The van der Waals surface area contributed by atoms with Gasteiger partial charge in [-0.1, -0.05) is 6.07 Å². The van der Waals surface area contributed by atoms with Crippen molar-refractivity contribution in [1.29, 1.82) is 0 Å². The van der Waals surface area contributed by atoms with Gasteiger partial charge in [-0.2, -0.15) is 4.31 Å². The number of hydrogen-bond donors (Lipinski definition) is 0. The zero-order chi connectivity index (χ0) is 17.4. The monoisotopic (exact) mass is 379 g/mol. The number of fused-ring (bicyclic) bond motifs is 1. The Hall–Kier alpha value is -1.90. The Morgan fingerprint density at radius 3 is 2.64 bits per heavy atom. The smallest absolute Gasteiger partial charge is 0.244 e. The molecule has 2 aliphatic heterocycles. The van der Waals surface area contributed by atoms with E-state index in [1.165, 1.54) is 4.31 Å². The molecule has 4 rings (SSSR count). The molecular weight excluding hydrogens is 362 g/mol. The summed E-state index contributed by atoms with van der Waals surface area (Å²) in [6.07, 6.45) is 0. The van der Waals surface area contributed by atoms with Crippen LogP contribution in [0.2, 0.25) is 0 Å². The van der Waals surface area contributed by atoms with Crippen molar-refractivity contribution >= 4 is 21.8 Å². The predicted octanol–water partition coefficient (Wildman–Crippen LogP) is 2.86. The predicted molar refractivity (Wildman–Crippen MR) is 94.6 cm³/mol. The van der Waals surface area contributed by atoms with Crippen molar-refractivity contribution in [1.82, 2.24) is 4.31 Å². The minimum absolute atomic E-state index is 0.199. The first-order valence-corrected chi connectivity index (χ1v) is 10.3. The molecule has 0 spiro atoms. The van der Waals surface area contributed by atoms with Crippen molar-refractivity contribution in [3.63, 3.8) is 0 Å². The molecule has 1 unspecified atom stereocenters. The van der Waals surface area contributed by atoms with Crippen LogP contribution in [0.4, 0.5) is 0 Å². The van der Waals surface area contributed by atoms with Gasteiger partial charge in [-0.15, -0.1) is 11.8 Å². The van der Waals surface area contributed by atoms with Crippen LogP contribution >= 0.6 is 11.8 Å². The fourth-order valence-electron chi connectivity index (χ4n) is 2.91. The lowest BCUT2D eigenvalue weighted by Gasteiger charge is -2.23. The van der Waals surface area contributed by atoms with Crippen molar-refractivity contribution in [3.8, 4) is 17.2 Å². The molecule has 2 heterocycles. The third kappa shape index (κ3) is 2.94. The average molecular weight is 379 g/mol. The van der Waals surface area contributed by atoms with Crippen LogP contribution in [0, 0.1) is 0 Å². The second-order valence-corrected chi connectivity index (χ2v) is 8.71. The fourth-order valence-corrected chi connectivity index (χ4v) is 6.14. The van der Waals surface area contributed by atoms with Gasteiger partial charge in [0.15, 0.2) is 11.5 Å². The molecule has 8 heteroatoms. The normalized spacial score (nSPS) is 20.0. The molecule has 0 amide bonds. The zero-order valence-electron chi connectivity index (χ0n) is 13.5. The van der Waals surface area contributed by atoms with E-state index in [1.54, 1.807) is 43.1 Å². The van der Waals surface area contributed by atoms with Crippen LogP contribution in [0.1, 0.15) is 10.9 Å². The Kier molecular flexibility index (Phi) is 4.26. The first kappa shape index (κ1) is 16.6. The summed E-state index contributed by atoms with van der Waals surface area (Å²) in [7, 11) is -2.04. The highest BCUT2D eigenvalue weighted by atomic mass is 32.2. The van der Waals surface area contributed by atoms with Crippen molar-refractivity contribution in [2.45, 2.75) is 10.3 Å². The molecule has 1 atom stereocenters. The second-order valence-electron chi connectivity index (χ2n) is 5.63. The Morgan fingerprint density at radius 2 is 1.88 bits per heavy atom. The first-order valence-electron chi connectivity index (χ1n) is 7.76. The maximum atomic E-state index is 13.1. The molecule has 0 saturated carbocycles. The first-order chi connectivity index (χ1) is 12.1. The summed E-state index contributed by atoms with van der Waals surface area (Å²) in [5.41, 5.74) is 0.892. The molecule has 2 aromatic carbocycles. The van der Waals surface area contributed by atoms with Crippen LogP contribution in [0.3, 0.4) is 0 Å². The highest BCUT2D eigenvalue weighted by Crippen LogP contribution is 2.44. The number of methoxy groups -OCH3 is 1. The molecular formula is C17H17NO5S2. The van der Waals surface area contributed by atoms with Gasteiger partial charge in [0.05, 0.1) is 17.4 Å². The second kappa shape index (κ2) is 6.44. The van der Waals surface area contributed by atoms with Crippen LogP contribution in [-0.2, 0) is 10.0 Å². The van der Waals surface area contributed by atoms with Crippen molar-refractivity contribution < 1.29 is 22.6 Å². The fraction of sp³-hybridized carbons (Fsp3) is 0.294. The summed E-state index contributed by atoms with van der Waals surface area (Å²) in [5.74, 6) is 2.72. The van der Waals surface area contributed by atoms with Crippen molar-refractivity contribution in [2.24, 2.45) is 0 Å². The number of nitrogens with zero attached hydrogens (tertiary/aromatic N) is 1. The number of rotatable bonds is 4. The molecule has 2 aromatic rings. The van der Waals surface area contributed by atoms with Crippen molar-refractivity contribution in [2.75, 3.05) is 26.2 Å². The van der Waals surface area contributed by atoms with Crippen molar-refractivity contribution in [3.05, 3.63) is 48.0 Å². The molecule has 2 aliphatic rings. The number of hydrogen-bond acceptors (Lipinski definition) is 6. The van der Waals surface area contributed by atoms with Gasteiger partial charge in [0.1, 0.15) is 5.75 Å². The summed E-state index contributed by atoms with van der Waals surface area (Å²) >= 11 is 1.60. The molecule has 0 bridgehead atoms. The average Bonchev–Trinajstić information content (AvgIpc) is 3.30. The molecule has 132 valence electrons. The summed E-state index contributed by atoms with van der Waals surface area (Å²) in [6, 6.07) is 12.1. The molecule has 1 saturated heterocycles. The molecule has 1 fully saturated rings. The zero-order valence-corrected chi connectivity index (χ0v) is 15.2. The van der Waals surface area contributed by atoms with E-state index in [4.69, 9.17) is 14.2 Å². The molecule has 0 N–H and O–H groups in total. The Morgan fingerprint density at radius 1 is 1.12 bits per heavy atom. The Labute approximate surface area is 150 Å². The lowest BCUT2D eigenvalue weighted by molar-refractivity contribution is 0.174. The van der Waals surface area contributed by atoms with E-state index in [-0.39, 0.29) is 17.1 Å². The van der Waals surface area contributed by atoms with E-state index in [1.807, 2.05) is 18.2 Å². The van der Waals surface area contributed by atoms with Crippen LogP contribution in [0.15, 0.2) is 47.4 Å². The van der Waals surface area contributed by atoms with Crippen LogP contribution < -0.4 is 14.2 Å². The van der Waals surface area contributed by atoms with Gasteiger partial charge < -0.3 is 14.2 Å². The minimum Gasteiger partial charge on any atom is -0.497 e. The maximum Gasteiger partial charge on any atom is 0.244 e. The standard InChI is InChI=1S/C17H17NO5S2/c1-21-13-3-5-14(6-4-13)25(19,20)18-8-9-24-17(18)12-2-7-15-16(10-12)23-11-22-15/h2-7,10,17H,8-9,11H2,1H3. The summed E-state index contributed by atoms with van der Waals surface area (Å²) in [5, 5.41) is -0.276. The van der Waals surface area contributed by atoms with E-state index >= 15 is 0 Å². The van der Waals surface area contributed by atoms with Gasteiger partial charge >= 0.3 is 0 Å². The van der Waals surface area contributed by atoms with Gasteiger partial charge in [-0.25, -0.2) is 8.42 Å². The molecule has 0 radical (unpaired) electrons. The van der Waals surface area contributed by atoms with Crippen LogP contribution in [-0.4, -0.2) is 38.9 Å². The van der Waals surface area contributed by atoms with Gasteiger partial charge in [-0.3, -0.25) is 0 Å². The lowest BCUT2D eigenvalue weighted by Crippen LogP contribution is -2.30. The Balaban J connectivity index is 1.66. The van der Waals surface area contributed by atoms with E-state index in [0.717, 1.165) is 11.3 Å². The third-order valence-electron chi connectivity index (χ3n) is 4.20. The topological polar surface area (TPSA) is 65.1 Å². The largest absolute Gasteiger partial charge is 0.497 e. The minimum atomic E-state index is -3.59. The quantitative estimate of drug-likeness (QED) is 0.814. The number of sulfonamides is 1. The summed E-state index contributed by atoms with van der Waals surface area (Å²) in [6.45, 7) is 0.669. The molecule has 25 heavy (non-hydrogen) atoms. The molecule has 0 aromatic heterocycles. The highest BCUT2D eigenvalue weighted by molar-refractivity contribution is 8.01. The third-order valence-corrected chi connectivity index (χ3v) is 7.47. The SMILES string of the molecule is COc1ccc(S(=O)(=O)N2CCSC2c2ccc3c(c2)OCO3)cc1. The van der Waals surface area contributed by atoms with Crippen LogP contribution in [0.5, 0.6) is 17.2 Å². The Bertz CT molecular complexity index is 882. The van der Waals surface area contributed by atoms with E-state index in [0.29, 0.717) is 23.8 Å². The van der Waals surface area contributed by atoms with Gasteiger partial charge in [0.25, 0.3) is 0 Å². The van der Waals surface area contributed by atoms with Gasteiger partial charge in [0.2, 0.25) is 16.8 Å². The number of thioether (sulfide) groups is 1. The number of ether oxygens (including phenoxy) is 3. The van der Waals surface area contributed by atoms with E-state index in [9.17, 15) is 8.42 Å². The molecule has 6 nitrogen and oxygen atoms in total. The highest BCUT2D eigenvalue weighted by Gasteiger charge is 2.37. The molecule has 0 aliphatic carbocycles. The van der Waals surface area contributed by atoms with E-state index < -0.39 is 10.0 Å². The lowest BCUT2D eigenvalue weighted by atomic mass is 10.2. The van der Waals surface area contributed by atoms with Gasteiger partial charge in [0, 0.05) is 12.3 Å².